The van der Waals surface area contributed by atoms with Crippen LogP contribution >= 0.6 is 0 Å². The predicted molar refractivity (Wildman–Crippen MR) is 162 cm³/mol. The highest BCUT2D eigenvalue weighted by Crippen LogP contribution is 2.36. The van der Waals surface area contributed by atoms with Crippen molar-refractivity contribution in [1.29, 1.82) is 0 Å². The van der Waals surface area contributed by atoms with Crippen molar-refractivity contribution in [2.45, 2.75) is 0 Å². The Kier molecular flexibility index (Phi) is 8.67. The van der Waals surface area contributed by atoms with Gasteiger partial charge in [0.1, 0.15) is 22.9 Å². The van der Waals surface area contributed by atoms with Crippen LogP contribution in [-0.4, -0.2) is 52.4 Å². The minimum absolute atomic E-state index is 0.133. The first-order chi connectivity index (χ1) is 21.4. The number of anilines is 1. The molecule has 12 nitrogen and oxygen atoms in total. The number of ether oxygens (including phenoxy) is 3. The monoisotopic (exact) mass is 591 g/mol. The number of carboxylic acid groups (broad SMARTS) is 1. The second kappa shape index (κ2) is 13.1. The van der Waals surface area contributed by atoms with Crippen molar-refractivity contribution in [3.8, 4) is 40.5 Å². The highest BCUT2D eigenvalue weighted by molar-refractivity contribution is 6.03. The number of amides is 2. The zero-order valence-corrected chi connectivity index (χ0v) is 23.5. The molecule has 2 aromatic carbocycles. The average Bonchev–Trinajstić information content (AvgIpc) is 3.03. The lowest BCUT2D eigenvalue weighted by atomic mass is 10.2. The van der Waals surface area contributed by atoms with Gasteiger partial charge in [0.25, 0.3) is 11.5 Å². The van der Waals surface area contributed by atoms with E-state index in [2.05, 4.69) is 32.4 Å². The maximum absolute atomic E-state index is 13.5. The third-order valence-electron chi connectivity index (χ3n) is 6.30. The lowest BCUT2D eigenvalue weighted by Gasteiger charge is -2.13. The van der Waals surface area contributed by atoms with Crippen LogP contribution in [0.1, 0.15) is 16.1 Å². The molecule has 5 aromatic rings. The Hall–Kier alpha value is -6.35. The van der Waals surface area contributed by atoms with Crippen molar-refractivity contribution in [3.63, 3.8) is 0 Å². The molecular formula is C32H25N5O7. The molecule has 3 aromatic heterocycles. The first kappa shape index (κ1) is 29.2. The van der Waals surface area contributed by atoms with Gasteiger partial charge in [-0.1, -0.05) is 24.1 Å². The molecule has 0 fully saturated rings. The Morgan fingerprint density at radius 1 is 0.932 bits per heavy atom. The van der Waals surface area contributed by atoms with Gasteiger partial charge in [-0.25, -0.2) is 9.78 Å². The fraction of sp³-hybridized carbons (Fsp3) is 0.0938. The number of nitrogens with one attached hydrogen (secondary N) is 2. The number of fused-ring (bicyclic) bond motifs is 1. The smallest absolute Gasteiger partial charge is 0.405 e. The van der Waals surface area contributed by atoms with Crippen LogP contribution in [0.2, 0.25) is 0 Å². The summed E-state index contributed by atoms with van der Waals surface area (Å²) in [6.45, 7) is -0.133. The minimum atomic E-state index is -1.22. The second-order valence-electron chi connectivity index (χ2n) is 9.04. The van der Waals surface area contributed by atoms with Crippen LogP contribution in [0.25, 0.3) is 16.6 Å². The SMILES string of the molecule is COc1cc2nccc(Oc3ccc(NC(=O)c4ccc(C#CCNC(=O)O)n(-c5ccccc5)c4=O)nc3)c2cc1OC. The number of hydrogen-bond acceptors (Lipinski definition) is 8. The van der Waals surface area contributed by atoms with E-state index in [1.54, 1.807) is 81.1 Å². The summed E-state index contributed by atoms with van der Waals surface area (Å²) in [6.07, 6.45) is 1.83. The van der Waals surface area contributed by atoms with Crippen molar-refractivity contribution in [2.75, 3.05) is 26.1 Å². The van der Waals surface area contributed by atoms with Crippen LogP contribution in [0.5, 0.6) is 23.0 Å². The molecule has 44 heavy (non-hydrogen) atoms. The standard InChI is InChI=1S/C32H25N5O7/c1-42-27-17-24-25(18-28(27)43-2)33-16-14-26(24)44-22-11-13-29(35-19-22)36-30(38)23-12-10-21(9-6-15-34-32(40)41)37(31(23)39)20-7-4-3-5-8-20/h3-5,7-8,10-14,16-19,34H,15H2,1-2H3,(H,40,41)(H,35,36,38). The molecule has 12 heteroatoms. The maximum Gasteiger partial charge on any atom is 0.405 e. The normalized spacial score (nSPS) is 10.3. The molecule has 0 saturated heterocycles. The van der Waals surface area contributed by atoms with E-state index >= 15 is 0 Å². The van der Waals surface area contributed by atoms with Crippen LogP contribution in [0.3, 0.4) is 0 Å². The lowest BCUT2D eigenvalue weighted by Crippen LogP contribution is -2.29. The fourth-order valence-corrected chi connectivity index (χ4v) is 4.26. The van der Waals surface area contributed by atoms with Crippen LogP contribution in [0, 0.1) is 11.8 Å². The summed E-state index contributed by atoms with van der Waals surface area (Å²) < 4.78 is 18.1. The number of benzene rings is 2. The molecular weight excluding hydrogens is 566 g/mol. The van der Waals surface area contributed by atoms with Gasteiger partial charge in [-0.3, -0.25) is 19.1 Å². The molecule has 220 valence electrons. The molecule has 0 unspecified atom stereocenters. The van der Waals surface area contributed by atoms with Gasteiger partial charge in [-0.2, -0.15) is 0 Å². The number of hydrogen-bond donors (Lipinski definition) is 3. The quantitative estimate of drug-likeness (QED) is 0.222. The van der Waals surface area contributed by atoms with E-state index in [0.29, 0.717) is 39.6 Å². The summed E-state index contributed by atoms with van der Waals surface area (Å²) in [5, 5.41) is 14.2. The highest BCUT2D eigenvalue weighted by Gasteiger charge is 2.17. The van der Waals surface area contributed by atoms with Crippen LogP contribution in [-0.2, 0) is 0 Å². The number of aromatic nitrogens is 3. The fourth-order valence-electron chi connectivity index (χ4n) is 4.26. The Morgan fingerprint density at radius 2 is 1.70 bits per heavy atom. The lowest BCUT2D eigenvalue weighted by molar-refractivity contribution is 0.102. The van der Waals surface area contributed by atoms with Crippen molar-refractivity contribution in [1.82, 2.24) is 19.9 Å². The van der Waals surface area contributed by atoms with Gasteiger partial charge in [0.05, 0.1) is 38.2 Å². The van der Waals surface area contributed by atoms with Gasteiger partial charge in [0.15, 0.2) is 11.5 Å². The van der Waals surface area contributed by atoms with Crippen molar-refractivity contribution in [3.05, 3.63) is 107 Å². The largest absolute Gasteiger partial charge is 0.493 e. The molecule has 0 radical (unpaired) electrons. The van der Waals surface area contributed by atoms with E-state index in [9.17, 15) is 14.4 Å². The number of pyridine rings is 3. The summed E-state index contributed by atoms with van der Waals surface area (Å²) in [6, 6.07) is 19.9. The topological polar surface area (TPSA) is 154 Å². The molecule has 0 aliphatic carbocycles. The number of para-hydroxylation sites is 1. The molecule has 0 atom stereocenters. The number of nitrogens with zero attached hydrogens (tertiary/aromatic N) is 3. The van der Waals surface area contributed by atoms with Crippen molar-refractivity contribution >= 4 is 28.7 Å². The van der Waals surface area contributed by atoms with E-state index in [0.717, 1.165) is 0 Å². The van der Waals surface area contributed by atoms with Crippen LogP contribution < -0.4 is 30.4 Å². The molecule has 0 aliphatic rings. The average molecular weight is 592 g/mol. The zero-order chi connectivity index (χ0) is 31.1. The third-order valence-corrected chi connectivity index (χ3v) is 6.30. The summed E-state index contributed by atoms with van der Waals surface area (Å²) in [7, 11) is 3.09. The summed E-state index contributed by atoms with van der Waals surface area (Å²) in [4.78, 5) is 46.0. The van der Waals surface area contributed by atoms with E-state index in [-0.39, 0.29) is 23.6 Å². The second-order valence-corrected chi connectivity index (χ2v) is 9.04. The zero-order valence-electron chi connectivity index (χ0n) is 23.5. The molecule has 3 heterocycles. The minimum Gasteiger partial charge on any atom is -0.493 e. The molecule has 3 N–H and O–H groups in total. The van der Waals surface area contributed by atoms with Gasteiger partial charge >= 0.3 is 6.09 Å². The van der Waals surface area contributed by atoms with Crippen molar-refractivity contribution < 1.29 is 28.9 Å². The van der Waals surface area contributed by atoms with Gasteiger partial charge in [0, 0.05) is 23.3 Å². The van der Waals surface area contributed by atoms with E-state index in [1.165, 1.54) is 22.9 Å². The summed E-state index contributed by atoms with van der Waals surface area (Å²) in [5.74, 6) is 6.95. The van der Waals surface area contributed by atoms with Crippen molar-refractivity contribution in [2.24, 2.45) is 0 Å². The van der Waals surface area contributed by atoms with Gasteiger partial charge in [-0.05, 0) is 54.5 Å². The van der Waals surface area contributed by atoms with Crippen LogP contribution in [0.15, 0.2) is 90.0 Å². The number of carbonyl (C=O) groups excluding carboxylic acids is 1. The third kappa shape index (κ3) is 6.42. The predicted octanol–water partition coefficient (Wildman–Crippen LogP) is 4.46. The number of methoxy groups -OCH3 is 2. The Balaban J connectivity index is 1.37. The Bertz CT molecular complexity index is 1960. The van der Waals surface area contributed by atoms with Gasteiger partial charge in [-0.15, -0.1) is 0 Å². The molecule has 0 spiro atoms. The first-order valence-electron chi connectivity index (χ1n) is 13.1. The highest BCUT2D eigenvalue weighted by atomic mass is 16.5. The maximum atomic E-state index is 13.5. The van der Waals surface area contributed by atoms with Crippen LogP contribution in [0.4, 0.5) is 10.6 Å². The first-order valence-corrected chi connectivity index (χ1v) is 13.1. The van der Waals surface area contributed by atoms with E-state index < -0.39 is 17.6 Å². The molecule has 0 saturated carbocycles. The molecule has 0 bridgehead atoms. The Morgan fingerprint density at radius 3 is 2.41 bits per heavy atom. The van der Waals surface area contributed by atoms with Gasteiger partial charge < -0.3 is 30.0 Å². The summed E-state index contributed by atoms with van der Waals surface area (Å²) >= 11 is 0. The molecule has 5 rings (SSSR count). The molecule has 2 amide bonds. The summed E-state index contributed by atoms with van der Waals surface area (Å²) in [5.41, 5.74) is 0.666. The number of rotatable bonds is 8. The van der Waals surface area contributed by atoms with E-state index in [1.807, 2.05) is 0 Å². The van der Waals surface area contributed by atoms with Gasteiger partial charge in [0.2, 0.25) is 0 Å². The Labute approximate surface area is 250 Å². The van der Waals surface area contributed by atoms with E-state index in [4.69, 9.17) is 19.3 Å². The molecule has 0 aliphatic heterocycles. The number of carbonyl (C=O) groups is 2.